The second-order valence-corrected chi connectivity index (χ2v) is 11.4. The number of carbonyl (C=O) groups excluding carboxylic acids is 2. The van der Waals surface area contributed by atoms with Gasteiger partial charge in [-0.25, -0.2) is 9.59 Å². The van der Waals surface area contributed by atoms with Crippen LogP contribution in [0, 0.1) is 0 Å². The number of aromatic nitrogens is 3. The van der Waals surface area contributed by atoms with Crippen molar-refractivity contribution >= 4 is 69.2 Å². The van der Waals surface area contributed by atoms with Crippen LogP contribution in [0.4, 0.5) is 5.13 Å². The quantitative estimate of drug-likeness (QED) is 0.130. The number of aliphatic carboxylic acids is 2. The summed E-state index contributed by atoms with van der Waals surface area (Å²) in [5.74, 6) is -3.82. The maximum absolute atomic E-state index is 13.1. The minimum Gasteiger partial charge on any atom is -0.479 e. The van der Waals surface area contributed by atoms with E-state index < -0.39 is 47.5 Å². The van der Waals surface area contributed by atoms with E-state index in [0.29, 0.717) is 17.9 Å². The lowest BCUT2D eigenvalue weighted by molar-refractivity contribution is -0.692. The van der Waals surface area contributed by atoms with Gasteiger partial charge in [0.2, 0.25) is 23.7 Å². The smallest absolute Gasteiger partial charge is 0.352 e. The zero-order valence-corrected chi connectivity index (χ0v) is 22.1. The van der Waals surface area contributed by atoms with E-state index in [1.807, 2.05) is 5.51 Å². The van der Waals surface area contributed by atoms with E-state index in [9.17, 15) is 24.3 Å². The summed E-state index contributed by atoms with van der Waals surface area (Å²) in [5, 5.41) is 24.2. The number of nitrogens with one attached hydrogen (secondary N) is 1. The summed E-state index contributed by atoms with van der Waals surface area (Å²) in [6.07, 6.45) is 4.21. The van der Waals surface area contributed by atoms with E-state index in [1.165, 1.54) is 27.2 Å². The average molecular weight is 581 g/mol. The van der Waals surface area contributed by atoms with Gasteiger partial charge in [-0.1, -0.05) is 16.5 Å². The first kappa shape index (κ1) is 26.1. The molecular formula is C21H22N7O7S3+. The maximum Gasteiger partial charge on any atom is 0.352 e. The number of β-lactam (4-membered cyclic amide) rings is 1. The Hall–Kier alpha value is -3.57. The summed E-state index contributed by atoms with van der Waals surface area (Å²) in [7, 11) is 0. The Bertz CT molecular complexity index is 1380. The minimum atomic E-state index is -1.31. The first-order valence-corrected chi connectivity index (χ1v) is 14.2. The molecule has 2 amide bonds. The first-order valence-electron chi connectivity index (χ1n) is 11.5. The van der Waals surface area contributed by atoms with Crippen LogP contribution >= 0.6 is 34.6 Å². The zero-order chi connectivity index (χ0) is 27.0. The molecule has 38 heavy (non-hydrogen) atoms. The van der Waals surface area contributed by atoms with Crippen molar-refractivity contribution in [1.82, 2.24) is 19.6 Å². The lowest BCUT2D eigenvalue weighted by Crippen LogP contribution is -2.71. The molecule has 5 rings (SSSR count). The molecule has 5 N–H and O–H groups in total. The van der Waals surface area contributed by atoms with Crippen molar-refractivity contribution in [2.24, 2.45) is 5.16 Å². The van der Waals surface area contributed by atoms with Crippen LogP contribution in [-0.4, -0.2) is 77.7 Å². The first-order chi connectivity index (χ1) is 18.2. The molecule has 3 aliphatic rings. The Morgan fingerprint density at radius 1 is 1.29 bits per heavy atom. The minimum absolute atomic E-state index is 0.0426. The van der Waals surface area contributed by atoms with Crippen LogP contribution in [0.15, 0.2) is 21.9 Å². The highest BCUT2D eigenvalue weighted by Crippen LogP contribution is 2.40. The van der Waals surface area contributed by atoms with Crippen LogP contribution in [0.1, 0.15) is 29.2 Å². The van der Waals surface area contributed by atoms with Gasteiger partial charge >= 0.3 is 11.9 Å². The van der Waals surface area contributed by atoms with Gasteiger partial charge in [-0.15, -0.1) is 11.8 Å². The molecule has 0 spiro atoms. The van der Waals surface area contributed by atoms with E-state index in [0.717, 1.165) is 37.2 Å². The molecule has 1 saturated heterocycles. The highest BCUT2D eigenvalue weighted by atomic mass is 32.2. The number of nitrogens with two attached hydrogens (primary N) is 1. The lowest BCUT2D eigenvalue weighted by atomic mass is 10.0. The number of rotatable bonds is 9. The number of anilines is 1. The van der Waals surface area contributed by atoms with Gasteiger partial charge in [0.05, 0.1) is 4.88 Å². The van der Waals surface area contributed by atoms with Crippen molar-refractivity contribution in [3.8, 4) is 0 Å². The van der Waals surface area contributed by atoms with E-state index in [2.05, 4.69) is 29.2 Å². The van der Waals surface area contributed by atoms with E-state index in [1.54, 1.807) is 11.3 Å². The Balaban J connectivity index is 1.34. The number of thioether (sulfide) groups is 1. The van der Waals surface area contributed by atoms with Gasteiger partial charge in [0.1, 0.15) is 17.1 Å². The standard InChI is InChI=1S/C21H21N7O7S3/c22-21-24-16(26-38-21)13(25-35-6-12(29)30)17(31)23-14-18(32)28-15(20(33)34)9(7-36-19(14)28)5-27-8-37-11-4-2-1-3-10(11)27/h8,14,19H,1-7H2,(H4-,22,23,24,26,29,30,31,33,34)/p+1/b25-13+/t14-,19-/m1/s1. The number of oxime groups is 1. The number of carbonyl (C=O) groups is 4. The van der Waals surface area contributed by atoms with Gasteiger partial charge in [-0.3, -0.25) is 14.5 Å². The zero-order valence-electron chi connectivity index (χ0n) is 19.7. The predicted molar refractivity (Wildman–Crippen MR) is 135 cm³/mol. The van der Waals surface area contributed by atoms with Gasteiger partial charge in [0, 0.05) is 29.3 Å². The average Bonchev–Trinajstić information content (AvgIpc) is 3.50. The molecule has 2 aliphatic heterocycles. The fourth-order valence-corrected chi connectivity index (χ4v) is 7.35. The van der Waals surface area contributed by atoms with Crippen LogP contribution in [0.5, 0.6) is 0 Å². The molecule has 1 aliphatic carbocycles. The third-order valence-electron chi connectivity index (χ3n) is 6.17. The van der Waals surface area contributed by atoms with Gasteiger partial charge in [0.25, 0.3) is 11.8 Å². The van der Waals surface area contributed by atoms with Crippen molar-refractivity contribution < 1.29 is 38.8 Å². The molecule has 2 atom stereocenters. The summed E-state index contributed by atoms with van der Waals surface area (Å²) < 4.78 is 5.97. The second kappa shape index (κ2) is 10.7. The number of amides is 2. The summed E-state index contributed by atoms with van der Waals surface area (Å²) in [6, 6.07) is -1.04. The summed E-state index contributed by atoms with van der Waals surface area (Å²) >= 11 is 3.81. The Kier molecular flexibility index (Phi) is 7.31. The highest BCUT2D eigenvalue weighted by molar-refractivity contribution is 8.00. The SMILES string of the molecule is Nc1nc(/C(=N\OCC(=O)O)C(=O)N[C@@H]2C(=O)N3C(C(=O)O)=C(C[n+]4csc5c4CCCC5)CS[C@H]23)ns1. The van der Waals surface area contributed by atoms with Crippen molar-refractivity contribution in [1.29, 1.82) is 0 Å². The molecule has 0 saturated carbocycles. The number of thiazole rings is 1. The fraction of sp³-hybridized carbons (Fsp3) is 0.429. The Morgan fingerprint density at radius 3 is 2.79 bits per heavy atom. The van der Waals surface area contributed by atoms with E-state index in [-0.39, 0.29) is 16.7 Å². The molecule has 0 aromatic carbocycles. The molecule has 2 aromatic heterocycles. The monoisotopic (exact) mass is 580 g/mol. The fourth-order valence-electron chi connectivity index (χ4n) is 4.50. The second-order valence-electron chi connectivity index (χ2n) is 8.61. The molecule has 14 nitrogen and oxygen atoms in total. The lowest BCUT2D eigenvalue weighted by Gasteiger charge is -2.49. The van der Waals surface area contributed by atoms with Gasteiger partial charge in [-0.05, 0) is 19.3 Å². The van der Waals surface area contributed by atoms with Crippen LogP contribution in [0.25, 0.3) is 0 Å². The number of nitrogens with zero attached hydrogens (tertiary/aromatic N) is 5. The van der Waals surface area contributed by atoms with Crippen molar-refractivity contribution in [3.05, 3.63) is 33.2 Å². The summed E-state index contributed by atoms with van der Waals surface area (Å²) in [5.41, 5.74) is 8.91. The van der Waals surface area contributed by atoms with Crippen molar-refractivity contribution in [3.63, 3.8) is 0 Å². The molecular weight excluding hydrogens is 558 g/mol. The molecule has 0 unspecified atom stereocenters. The van der Waals surface area contributed by atoms with Crippen LogP contribution in [-0.2, 0) is 43.4 Å². The Morgan fingerprint density at radius 2 is 2.08 bits per heavy atom. The number of hydrogen-bond donors (Lipinski definition) is 4. The number of fused-ring (bicyclic) bond motifs is 2. The van der Waals surface area contributed by atoms with Gasteiger partial charge < -0.3 is 26.1 Å². The molecule has 17 heteroatoms. The van der Waals surface area contributed by atoms with Crippen LogP contribution in [0.2, 0.25) is 0 Å². The summed E-state index contributed by atoms with van der Waals surface area (Å²) in [6.45, 7) is -0.436. The number of nitrogen functional groups attached to an aromatic ring is 1. The van der Waals surface area contributed by atoms with Gasteiger partial charge in [-0.2, -0.15) is 13.9 Å². The van der Waals surface area contributed by atoms with Crippen LogP contribution in [0.3, 0.4) is 0 Å². The molecule has 0 radical (unpaired) electrons. The summed E-state index contributed by atoms with van der Waals surface area (Å²) in [4.78, 5) is 60.2. The number of aryl methyl sites for hydroxylation is 1. The third kappa shape index (κ3) is 4.95. The van der Waals surface area contributed by atoms with Gasteiger partial charge in [0.15, 0.2) is 17.4 Å². The number of hydrogen-bond acceptors (Lipinski definition) is 12. The molecule has 1 fully saturated rings. The Labute approximate surface area is 227 Å². The van der Waals surface area contributed by atoms with Crippen LogP contribution < -0.4 is 15.6 Å². The highest BCUT2D eigenvalue weighted by Gasteiger charge is 2.55. The van der Waals surface area contributed by atoms with E-state index >= 15 is 0 Å². The third-order valence-corrected chi connectivity index (χ3v) is 9.13. The molecule has 4 heterocycles. The molecule has 200 valence electrons. The van der Waals surface area contributed by atoms with Crippen molar-refractivity contribution in [2.45, 2.75) is 43.6 Å². The predicted octanol–water partition coefficient (Wildman–Crippen LogP) is -0.408. The number of carboxylic acid groups (broad SMARTS) is 2. The largest absolute Gasteiger partial charge is 0.479 e. The molecule has 0 bridgehead atoms. The number of carboxylic acids is 2. The van der Waals surface area contributed by atoms with Crippen molar-refractivity contribution in [2.75, 3.05) is 18.1 Å². The maximum atomic E-state index is 13.1. The topological polar surface area (TPSA) is 201 Å². The molecule has 2 aromatic rings. The normalized spacial score (nSPS) is 20.9. The van der Waals surface area contributed by atoms with E-state index in [4.69, 9.17) is 10.8 Å².